The van der Waals surface area contributed by atoms with Crippen molar-refractivity contribution in [3.8, 4) is 0 Å². The SMILES string of the molecule is C[C@@H]1CNC[C@@H](CN2CC[C@@H](N3CCCCC3)C2)O1. The molecule has 3 rings (SSSR count). The second-order valence-corrected chi connectivity index (χ2v) is 6.53. The Morgan fingerprint density at radius 1 is 1.11 bits per heavy atom. The Morgan fingerprint density at radius 2 is 1.95 bits per heavy atom. The number of morpholine rings is 1. The maximum atomic E-state index is 6.01. The zero-order valence-electron chi connectivity index (χ0n) is 12.3. The van der Waals surface area contributed by atoms with Gasteiger partial charge in [0.2, 0.25) is 0 Å². The predicted molar refractivity (Wildman–Crippen MR) is 77.5 cm³/mol. The summed E-state index contributed by atoms with van der Waals surface area (Å²) in [6.45, 7) is 10.5. The highest BCUT2D eigenvalue weighted by molar-refractivity contribution is 4.87. The van der Waals surface area contributed by atoms with Crippen molar-refractivity contribution in [3.63, 3.8) is 0 Å². The summed E-state index contributed by atoms with van der Waals surface area (Å²) in [5, 5.41) is 3.47. The van der Waals surface area contributed by atoms with Crippen molar-refractivity contribution in [1.82, 2.24) is 15.1 Å². The minimum absolute atomic E-state index is 0.374. The molecule has 0 unspecified atom stereocenters. The highest BCUT2D eigenvalue weighted by Crippen LogP contribution is 2.20. The average Bonchev–Trinajstić information content (AvgIpc) is 2.88. The summed E-state index contributed by atoms with van der Waals surface area (Å²) >= 11 is 0. The molecule has 3 atom stereocenters. The van der Waals surface area contributed by atoms with E-state index < -0.39 is 0 Å². The smallest absolute Gasteiger partial charge is 0.0830 e. The number of nitrogens with one attached hydrogen (secondary N) is 1. The van der Waals surface area contributed by atoms with Crippen LogP contribution in [0.3, 0.4) is 0 Å². The van der Waals surface area contributed by atoms with Crippen LogP contribution in [0.2, 0.25) is 0 Å². The lowest BCUT2D eigenvalue weighted by molar-refractivity contribution is -0.0404. The standard InChI is InChI=1S/C15H29N3O/c1-13-9-16-10-15(19-13)12-17-8-5-14(11-17)18-6-3-2-4-7-18/h13-16H,2-12H2,1H3/t13-,14-,15+/m1/s1. The average molecular weight is 267 g/mol. The minimum atomic E-state index is 0.374. The molecule has 3 heterocycles. The summed E-state index contributed by atoms with van der Waals surface area (Å²) in [7, 11) is 0. The molecule has 0 aromatic rings. The van der Waals surface area contributed by atoms with Gasteiger partial charge in [0.1, 0.15) is 0 Å². The van der Waals surface area contributed by atoms with Crippen molar-refractivity contribution in [3.05, 3.63) is 0 Å². The van der Waals surface area contributed by atoms with Gasteiger partial charge in [0.15, 0.2) is 0 Å². The molecule has 4 heteroatoms. The van der Waals surface area contributed by atoms with E-state index in [4.69, 9.17) is 4.74 Å². The van der Waals surface area contributed by atoms with Gasteiger partial charge in [0.25, 0.3) is 0 Å². The van der Waals surface area contributed by atoms with Crippen LogP contribution in [0.15, 0.2) is 0 Å². The molecule has 0 aromatic heterocycles. The maximum absolute atomic E-state index is 6.01. The lowest BCUT2D eigenvalue weighted by Crippen LogP contribution is -2.48. The van der Waals surface area contributed by atoms with Crippen LogP contribution in [0.25, 0.3) is 0 Å². The van der Waals surface area contributed by atoms with Crippen molar-refractivity contribution < 1.29 is 4.74 Å². The van der Waals surface area contributed by atoms with E-state index in [1.807, 2.05) is 0 Å². The van der Waals surface area contributed by atoms with Crippen LogP contribution in [0, 0.1) is 0 Å². The topological polar surface area (TPSA) is 27.7 Å². The minimum Gasteiger partial charge on any atom is -0.371 e. The molecular formula is C15H29N3O. The van der Waals surface area contributed by atoms with E-state index in [1.54, 1.807) is 0 Å². The first-order valence-corrected chi connectivity index (χ1v) is 8.14. The van der Waals surface area contributed by atoms with Gasteiger partial charge >= 0.3 is 0 Å². The van der Waals surface area contributed by atoms with Crippen LogP contribution in [-0.2, 0) is 4.74 Å². The molecule has 0 aliphatic carbocycles. The lowest BCUT2D eigenvalue weighted by atomic mass is 10.1. The van der Waals surface area contributed by atoms with Crippen LogP contribution in [0.4, 0.5) is 0 Å². The van der Waals surface area contributed by atoms with Crippen LogP contribution < -0.4 is 5.32 Å². The Bertz CT molecular complexity index is 281. The zero-order chi connectivity index (χ0) is 13.1. The highest BCUT2D eigenvalue weighted by atomic mass is 16.5. The van der Waals surface area contributed by atoms with Crippen LogP contribution in [-0.4, -0.2) is 73.9 Å². The first kappa shape index (κ1) is 13.8. The van der Waals surface area contributed by atoms with Crippen LogP contribution in [0.5, 0.6) is 0 Å². The number of piperidine rings is 1. The van der Waals surface area contributed by atoms with Gasteiger partial charge < -0.3 is 10.1 Å². The molecule has 3 saturated heterocycles. The summed E-state index contributed by atoms with van der Waals surface area (Å²) in [5.41, 5.74) is 0. The molecule has 19 heavy (non-hydrogen) atoms. The molecule has 4 nitrogen and oxygen atoms in total. The fourth-order valence-electron chi connectivity index (χ4n) is 3.83. The predicted octanol–water partition coefficient (Wildman–Crippen LogP) is 0.923. The molecule has 110 valence electrons. The van der Waals surface area contributed by atoms with E-state index in [-0.39, 0.29) is 0 Å². The van der Waals surface area contributed by atoms with Crippen molar-refractivity contribution >= 4 is 0 Å². The van der Waals surface area contributed by atoms with Gasteiger partial charge in [-0.3, -0.25) is 9.80 Å². The second kappa shape index (κ2) is 6.53. The third-order valence-electron chi connectivity index (χ3n) is 4.84. The molecule has 0 aromatic carbocycles. The van der Waals surface area contributed by atoms with E-state index in [9.17, 15) is 0 Å². The summed E-state index contributed by atoms with van der Waals surface area (Å²) < 4.78 is 6.01. The fourth-order valence-corrected chi connectivity index (χ4v) is 3.83. The first-order valence-electron chi connectivity index (χ1n) is 8.14. The van der Waals surface area contributed by atoms with E-state index in [1.165, 1.54) is 51.9 Å². The van der Waals surface area contributed by atoms with Crippen molar-refractivity contribution in [1.29, 1.82) is 0 Å². The molecule has 0 spiro atoms. The molecule has 0 radical (unpaired) electrons. The van der Waals surface area contributed by atoms with Crippen molar-refractivity contribution in [2.24, 2.45) is 0 Å². The van der Waals surface area contributed by atoms with Gasteiger partial charge in [0.05, 0.1) is 12.2 Å². The number of likely N-dealkylation sites (tertiary alicyclic amines) is 2. The van der Waals surface area contributed by atoms with E-state index >= 15 is 0 Å². The first-order chi connectivity index (χ1) is 9.31. The molecule has 0 bridgehead atoms. The van der Waals surface area contributed by atoms with Gasteiger partial charge in [-0.1, -0.05) is 6.42 Å². The molecule has 3 fully saturated rings. The van der Waals surface area contributed by atoms with Crippen LogP contribution in [0.1, 0.15) is 32.6 Å². The largest absolute Gasteiger partial charge is 0.371 e. The number of rotatable bonds is 3. The van der Waals surface area contributed by atoms with E-state index in [0.717, 1.165) is 25.7 Å². The number of nitrogens with zero attached hydrogens (tertiary/aromatic N) is 2. The monoisotopic (exact) mass is 267 g/mol. The number of hydrogen-bond acceptors (Lipinski definition) is 4. The maximum Gasteiger partial charge on any atom is 0.0830 e. The molecular weight excluding hydrogens is 238 g/mol. The summed E-state index contributed by atoms with van der Waals surface area (Å²) in [5.74, 6) is 0. The van der Waals surface area contributed by atoms with Gasteiger partial charge in [-0.05, 0) is 45.8 Å². The molecule has 3 aliphatic heterocycles. The summed E-state index contributed by atoms with van der Waals surface area (Å²) in [6.07, 6.45) is 6.37. The van der Waals surface area contributed by atoms with Gasteiger partial charge in [0, 0.05) is 32.2 Å². The van der Waals surface area contributed by atoms with Gasteiger partial charge in [-0.15, -0.1) is 0 Å². The van der Waals surface area contributed by atoms with E-state index in [0.29, 0.717) is 12.2 Å². The lowest BCUT2D eigenvalue weighted by Gasteiger charge is -2.33. The second-order valence-electron chi connectivity index (χ2n) is 6.53. The van der Waals surface area contributed by atoms with Crippen molar-refractivity contribution in [2.45, 2.75) is 50.9 Å². The Hall–Kier alpha value is -0.160. The highest BCUT2D eigenvalue weighted by Gasteiger charge is 2.30. The third kappa shape index (κ3) is 3.69. The fraction of sp³-hybridized carbons (Fsp3) is 1.00. The number of hydrogen-bond donors (Lipinski definition) is 1. The molecule has 0 amide bonds. The summed E-state index contributed by atoms with van der Waals surface area (Å²) in [6, 6.07) is 0.814. The van der Waals surface area contributed by atoms with E-state index in [2.05, 4.69) is 22.0 Å². The molecule has 0 saturated carbocycles. The number of ether oxygens (including phenoxy) is 1. The summed E-state index contributed by atoms with van der Waals surface area (Å²) in [4.78, 5) is 5.34. The molecule has 1 N–H and O–H groups in total. The Morgan fingerprint density at radius 3 is 2.74 bits per heavy atom. The Kier molecular flexibility index (Phi) is 4.74. The Balaban J connectivity index is 1.43. The molecule has 3 aliphatic rings. The normalized spacial score (nSPS) is 38.7. The third-order valence-corrected chi connectivity index (χ3v) is 4.84. The van der Waals surface area contributed by atoms with Crippen molar-refractivity contribution in [2.75, 3.05) is 45.8 Å². The Labute approximate surface area is 117 Å². The van der Waals surface area contributed by atoms with Crippen LogP contribution >= 0.6 is 0 Å². The zero-order valence-corrected chi connectivity index (χ0v) is 12.3. The van der Waals surface area contributed by atoms with Gasteiger partial charge in [-0.2, -0.15) is 0 Å². The quantitative estimate of drug-likeness (QED) is 0.823. The van der Waals surface area contributed by atoms with Gasteiger partial charge in [-0.25, -0.2) is 0 Å².